The zero-order valence-electron chi connectivity index (χ0n) is 5.37. The summed E-state index contributed by atoms with van der Waals surface area (Å²) >= 11 is 0.967. The molecule has 0 bridgehead atoms. The van der Waals surface area contributed by atoms with Gasteiger partial charge in [-0.25, -0.2) is 0 Å². The largest absolute Gasteiger partial charge is 0.481 e. The maximum atomic E-state index is 10.5. The van der Waals surface area contributed by atoms with Crippen molar-refractivity contribution in [2.75, 3.05) is 5.75 Å². The van der Waals surface area contributed by atoms with Gasteiger partial charge in [0.05, 0.1) is 0 Å². The molecule has 0 saturated carbocycles. The highest BCUT2D eigenvalue weighted by atomic mass is 32.2. The predicted octanol–water partition coefficient (Wildman–Crippen LogP) is 0.907. The van der Waals surface area contributed by atoms with Crippen molar-refractivity contribution in [1.82, 2.24) is 0 Å². The summed E-state index contributed by atoms with van der Waals surface area (Å²) in [5, 5.41) is 7.80. The van der Waals surface area contributed by atoms with Crippen molar-refractivity contribution in [2.45, 2.75) is 6.42 Å². The maximum absolute atomic E-state index is 10.5. The quantitative estimate of drug-likeness (QED) is 0.490. The number of hydrogen-bond acceptors (Lipinski definition) is 3. The molecule has 0 aromatic heterocycles. The van der Waals surface area contributed by atoms with Crippen LogP contribution in [0.1, 0.15) is 6.42 Å². The molecule has 0 rings (SSSR count). The molecule has 10 heavy (non-hydrogen) atoms. The molecule has 0 aromatic carbocycles. The van der Waals surface area contributed by atoms with E-state index in [0.29, 0.717) is 5.75 Å². The van der Waals surface area contributed by atoms with Crippen molar-refractivity contribution in [3.63, 3.8) is 0 Å². The average molecular weight is 160 g/mol. The second kappa shape index (κ2) is 5.05. The lowest BCUT2D eigenvalue weighted by atomic mass is 10.5. The van der Waals surface area contributed by atoms with Crippen molar-refractivity contribution in [3.8, 4) is 0 Å². The number of carbonyl (C=O) groups excluding carboxylic acids is 1. The van der Waals surface area contributed by atoms with E-state index in [1.54, 1.807) is 6.08 Å². The van der Waals surface area contributed by atoms with Crippen LogP contribution in [0, 0.1) is 0 Å². The number of carboxylic acid groups (broad SMARTS) is 1. The molecule has 0 radical (unpaired) electrons. The van der Waals surface area contributed by atoms with E-state index < -0.39 is 12.4 Å². The Hall–Kier alpha value is -0.770. The Balaban J connectivity index is 3.43. The SMILES string of the molecule is C=CCSC(=O)CC(=O)O. The molecule has 0 fully saturated rings. The van der Waals surface area contributed by atoms with Crippen LogP contribution >= 0.6 is 11.8 Å². The summed E-state index contributed by atoms with van der Waals surface area (Å²) in [4.78, 5) is 20.5. The van der Waals surface area contributed by atoms with Crippen molar-refractivity contribution in [3.05, 3.63) is 12.7 Å². The average Bonchev–Trinajstić information content (AvgIpc) is 1.82. The molecule has 0 aliphatic heterocycles. The third kappa shape index (κ3) is 5.37. The lowest BCUT2D eigenvalue weighted by molar-refractivity contribution is -0.138. The summed E-state index contributed by atoms with van der Waals surface area (Å²) in [6.07, 6.45) is 1.16. The Labute approximate surface area is 63.1 Å². The molecule has 0 heterocycles. The van der Waals surface area contributed by atoms with Gasteiger partial charge in [-0.1, -0.05) is 17.8 Å². The van der Waals surface area contributed by atoms with Crippen LogP contribution in [-0.4, -0.2) is 21.9 Å². The predicted molar refractivity (Wildman–Crippen MR) is 39.9 cm³/mol. The molecule has 0 aromatic rings. The van der Waals surface area contributed by atoms with Crippen molar-refractivity contribution >= 4 is 22.8 Å². The number of carbonyl (C=O) groups is 2. The Morgan fingerprint density at radius 2 is 2.20 bits per heavy atom. The highest BCUT2D eigenvalue weighted by molar-refractivity contribution is 8.13. The van der Waals surface area contributed by atoms with Gasteiger partial charge in [0.25, 0.3) is 0 Å². The van der Waals surface area contributed by atoms with Crippen LogP contribution < -0.4 is 0 Å². The van der Waals surface area contributed by atoms with Crippen LogP contribution in [0.15, 0.2) is 12.7 Å². The third-order valence-electron chi connectivity index (χ3n) is 0.658. The number of thioether (sulfide) groups is 1. The van der Waals surface area contributed by atoms with E-state index in [9.17, 15) is 9.59 Å². The highest BCUT2D eigenvalue weighted by Crippen LogP contribution is 2.04. The first-order valence-electron chi connectivity index (χ1n) is 2.65. The van der Waals surface area contributed by atoms with E-state index in [0.717, 1.165) is 11.8 Å². The van der Waals surface area contributed by atoms with E-state index >= 15 is 0 Å². The number of hydrogen-bond donors (Lipinski definition) is 1. The van der Waals surface area contributed by atoms with Crippen LogP contribution in [0.4, 0.5) is 0 Å². The number of rotatable bonds is 4. The van der Waals surface area contributed by atoms with Gasteiger partial charge >= 0.3 is 5.97 Å². The lowest BCUT2D eigenvalue weighted by Gasteiger charge is -1.90. The van der Waals surface area contributed by atoms with Gasteiger partial charge in [0.2, 0.25) is 0 Å². The minimum Gasteiger partial charge on any atom is -0.481 e. The summed E-state index contributed by atoms with van der Waals surface area (Å²) in [5.74, 6) is -0.604. The number of carboxylic acids is 1. The first kappa shape index (κ1) is 9.23. The van der Waals surface area contributed by atoms with Gasteiger partial charge in [-0.15, -0.1) is 6.58 Å². The first-order valence-corrected chi connectivity index (χ1v) is 3.63. The smallest absolute Gasteiger partial charge is 0.311 e. The van der Waals surface area contributed by atoms with Crippen LogP contribution in [0.5, 0.6) is 0 Å². The molecule has 0 aliphatic carbocycles. The molecule has 3 nitrogen and oxygen atoms in total. The fraction of sp³-hybridized carbons (Fsp3) is 0.333. The summed E-state index contributed by atoms with van der Waals surface area (Å²) in [5.41, 5.74) is 0. The van der Waals surface area contributed by atoms with Gasteiger partial charge in [0.1, 0.15) is 6.42 Å². The van der Waals surface area contributed by atoms with Gasteiger partial charge in [0, 0.05) is 5.75 Å². The van der Waals surface area contributed by atoms with Crippen molar-refractivity contribution in [1.29, 1.82) is 0 Å². The zero-order chi connectivity index (χ0) is 7.98. The maximum Gasteiger partial charge on any atom is 0.311 e. The summed E-state index contributed by atoms with van der Waals surface area (Å²) in [6.45, 7) is 3.39. The number of aliphatic carboxylic acids is 1. The van der Waals surface area contributed by atoms with Crippen LogP contribution in [0.2, 0.25) is 0 Å². The monoisotopic (exact) mass is 160 g/mol. The van der Waals surface area contributed by atoms with Crippen LogP contribution in [0.3, 0.4) is 0 Å². The van der Waals surface area contributed by atoms with E-state index in [1.165, 1.54) is 0 Å². The molecular formula is C6H8O3S. The van der Waals surface area contributed by atoms with Crippen molar-refractivity contribution in [2.24, 2.45) is 0 Å². The molecule has 56 valence electrons. The van der Waals surface area contributed by atoms with Gasteiger partial charge < -0.3 is 5.11 Å². The van der Waals surface area contributed by atoms with E-state index in [1.807, 2.05) is 0 Å². The second-order valence-electron chi connectivity index (χ2n) is 1.54. The molecular weight excluding hydrogens is 152 g/mol. The highest BCUT2D eigenvalue weighted by Gasteiger charge is 2.05. The molecule has 0 unspecified atom stereocenters. The molecule has 4 heteroatoms. The Morgan fingerprint density at radius 3 is 2.60 bits per heavy atom. The lowest BCUT2D eigenvalue weighted by Crippen LogP contribution is -2.02. The van der Waals surface area contributed by atoms with Gasteiger partial charge in [-0.05, 0) is 0 Å². The standard InChI is InChI=1S/C6H8O3S/c1-2-3-10-6(9)4-5(7)8/h2H,1,3-4H2,(H,7,8). The Bertz CT molecular complexity index is 153. The zero-order valence-corrected chi connectivity index (χ0v) is 6.19. The minimum absolute atomic E-state index is 0.326. The van der Waals surface area contributed by atoms with Gasteiger partial charge in [0.15, 0.2) is 5.12 Å². The fourth-order valence-electron chi connectivity index (χ4n) is 0.326. The summed E-state index contributed by atoms with van der Waals surface area (Å²) in [7, 11) is 0. The van der Waals surface area contributed by atoms with Crippen molar-refractivity contribution < 1.29 is 14.7 Å². The Kier molecular flexibility index (Phi) is 4.66. The van der Waals surface area contributed by atoms with E-state index in [4.69, 9.17) is 5.11 Å². The minimum atomic E-state index is -1.08. The molecule has 0 aliphatic rings. The summed E-state index contributed by atoms with van der Waals surface area (Å²) in [6, 6.07) is 0. The molecule has 0 spiro atoms. The normalized spacial score (nSPS) is 8.80. The Morgan fingerprint density at radius 1 is 1.60 bits per heavy atom. The van der Waals surface area contributed by atoms with E-state index in [-0.39, 0.29) is 5.12 Å². The van der Waals surface area contributed by atoms with Crippen LogP contribution in [-0.2, 0) is 9.59 Å². The van der Waals surface area contributed by atoms with E-state index in [2.05, 4.69) is 6.58 Å². The molecule has 0 amide bonds. The first-order chi connectivity index (χ1) is 4.66. The topological polar surface area (TPSA) is 54.4 Å². The molecule has 0 saturated heterocycles. The molecule has 1 N–H and O–H groups in total. The van der Waals surface area contributed by atoms with Gasteiger partial charge in [-0.2, -0.15) is 0 Å². The van der Waals surface area contributed by atoms with Crippen LogP contribution in [0.25, 0.3) is 0 Å². The van der Waals surface area contributed by atoms with Gasteiger partial charge in [-0.3, -0.25) is 9.59 Å². The molecule has 0 atom stereocenters. The fourth-order valence-corrected chi connectivity index (χ4v) is 0.856. The summed E-state index contributed by atoms with van der Waals surface area (Å²) < 4.78 is 0. The third-order valence-corrected chi connectivity index (χ3v) is 1.53. The second-order valence-corrected chi connectivity index (χ2v) is 2.62.